The molecule has 0 aliphatic carbocycles. The number of piperidine rings is 1. The summed E-state index contributed by atoms with van der Waals surface area (Å²) in [6, 6.07) is 19.9. The van der Waals surface area contributed by atoms with Crippen LogP contribution in [0.25, 0.3) is 0 Å². The van der Waals surface area contributed by atoms with E-state index in [2.05, 4.69) is 12.2 Å². The third-order valence-electron chi connectivity index (χ3n) is 5.77. The molecule has 0 bridgehead atoms. The molecule has 0 saturated carbocycles. The average molecular weight is 393 g/mol. The Hall–Kier alpha value is -2.62. The number of nitrogens with one attached hydrogen (secondary N) is 1. The summed E-state index contributed by atoms with van der Waals surface area (Å²) < 4.78 is 0. The molecule has 29 heavy (non-hydrogen) atoms. The van der Waals surface area contributed by atoms with E-state index in [9.17, 15) is 9.59 Å². The van der Waals surface area contributed by atoms with E-state index in [4.69, 9.17) is 0 Å². The second-order valence-corrected chi connectivity index (χ2v) is 7.85. The van der Waals surface area contributed by atoms with E-state index in [-0.39, 0.29) is 23.7 Å². The first kappa shape index (κ1) is 21.1. The first-order chi connectivity index (χ1) is 14.2. The molecule has 2 aromatic rings. The van der Waals surface area contributed by atoms with E-state index in [0.717, 1.165) is 49.8 Å². The van der Waals surface area contributed by atoms with Crippen LogP contribution in [0.2, 0.25) is 0 Å². The number of unbranched alkanes of at least 4 members (excludes halogenated alkanes) is 2. The van der Waals surface area contributed by atoms with Gasteiger partial charge >= 0.3 is 0 Å². The van der Waals surface area contributed by atoms with Crippen LogP contribution in [0.15, 0.2) is 60.7 Å². The normalized spacial score (nSPS) is 14.8. The molecule has 1 fully saturated rings. The summed E-state index contributed by atoms with van der Waals surface area (Å²) >= 11 is 0. The van der Waals surface area contributed by atoms with Crippen molar-refractivity contribution in [2.45, 2.75) is 44.9 Å². The molecule has 1 heterocycles. The monoisotopic (exact) mass is 392 g/mol. The Bertz CT molecular complexity index is 728. The highest BCUT2D eigenvalue weighted by atomic mass is 16.2. The van der Waals surface area contributed by atoms with Crippen LogP contribution in [0, 0.1) is 5.92 Å². The molecule has 2 amide bonds. The lowest BCUT2D eigenvalue weighted by Crippen LogP contribution is -2.44. The Morgan fingerprint density at radius 1 is 0.931 bits per heavy atom. The fraction of sp³-hybridized carbons (Fsp3) is 0.440. The number of amides is 2. The predicted octanol–water partition coefficient (Wildman–Crippen LogP) is 4.36. The van der Waals surface area contributed by atoms with Crippen molar-refractivity contribution in [3.63, 3.8) is 0 Å². The maximum absolute atomic E-state index is 13.4. The molecule has 1 aliphatic heterocycles. The minimum Gasteiger partial charge on any atom is -0.356 e. The number of likely N-dealkylation sites (tertiary alicyclic amines) is 1. The summed E-state index contributed by atoms with van der Waals surface area (Å²) in [6.07, 6.45) is 4.81. The minimum absolute atomic E-state index is 0.0209. The van der Waals surface area contributed by atoms with Crippen molar-refractivity contribution < 1.29 is 9.59 Å². The van der Waals surface area contributed by atoms with Crippen molar-refractivity contribution in [1.82, 2.24) is 10.2 Å². The topological polar surface area (TPSA) is 49.4 Å². The summed E-state index contributed by atoms with van der Waals surface area (Å²) in [5.74, 6) is 0.00414. The Morgan fingerprint density at radius 3 is 2.00 bits per heavy atom. The summed E-state index contributed by atoms with van der Waals surface area (Å²) in [4.78, 5) is 27.8. The van der Waals surface area contributed by atoms with Crippen molar-refractivity contribution in [1.29, 1.82) is 0 Å². The highest BCUT2D eigenvalue weighted by Crippen LogP contribution is 2.29. The first-order valence-corrected chi connectivity index (χ1v) is 10.9. The van der Waals surface area contributed by atoms with Crippen LogP contribution in [0.4, 0.5) is 0 Å². The lowest BCUT2D eigenvalue weighted by molar-refractivity contribution is -0.136. The number of carbonyl (C=O) groups is 2. The standard InChI is InChI=1S/C25H32N2O2/c1-2-3-10-17-26-24(28)22-15-18-27(19-16-22)25(29)23(20-11-6-4-7-12-20)21-13-8-5-9-14-21/h4-9,11-14,22-23H,2-3,10,15-19H2,1H3,(H,26,28). The van der Waals surface area contributed by atoms with Crippen molar-refractivity contribution in [2.75, 3.05) is 19.6 Å². The lowest BCUT2D eigenvalue weighted by Gasteiger charge is -2.34. The predicted molar refractivity (Wildman–Crippen MR) is 117 cm³/mol. The summed E-state index contributed by atoms with van der Waals surface area (Å²) in [6.45, 7) is 4.20. The molecule has 4 heteroatoms. The van der Waals surface area contributed by atoms with Crippen molar-refractivity contribution in [3.05, 3.63) is 71.8 Å². The molecule has 1 N–H and O–H groups in total. The van der Waals surface area contributed by atoms with Crippen LogP contribution in [0.5, 0.6) is 0 Å². The van der Waals surface area contributed by atoms with E-state index in [1.165, 1.54) is 0 Å². The van der Waals surface area contributed by atoms with Gasteiger partial charge in [0.25, 0.3) is 0 Å². The molecule has 4 nitrogen and oxygen atoms in total. The molecule has 0 spiro atoms. The molecule has 2 aromatic carbocycles. The Labute approximate surface area is 174 Å². The molecule has 154 valence electrons. The van der Waals surface area contributed by atoms with Crippen molar-refractivity contribution in [3.8, 4) is 0 Å². The zero-order valence-corrected chi connectivity index (χ0v) is 17.3. The highest BCUT2D eigenvalue weighted by molar-refractivity contribution is 5.87. The van der Waals surface area contributed by atoms with Gasteiger partial charge in [0.15, 0.2) is 0 Å². The van der Waals surface area contributed by atoms with Gasteiger partial charge in [-0.2, -0.15) is 0 Å². The van der Waals surface area contributed by atoms with Crippen LogP contribution in [0.3, 0.4) is 0 Å². The van der Waals surface area contributed by atoms with Crippen LogP contribution >= 0.6 is 0 Å². The van der Waals surface area contributed by atoms with Crippen molar-refractivity contribution >= 4 is 11.8 Å². The Balaban J connectivity index is 1.63. The molecule has 0 radical (unpaired) electrons. The van der Waals surface area contributed by atoms with E-state index in [1.54, 1.807) is 0 Å². The second-order valence-electron chi connectivity index (χ2n) is 7.85. The zero-order valence-electron chi connectivity index (χ0n) is 17.3. The smallest absolute Gasteiger partial charge is 0.234 e. The van der Waals surface area contributed by atoms with Gasteiger partial charge in [-0.1, -0.05) is 80.4 Å². The second kappa shape index (κ2) is 10.8. The van der Waals surface area contributed by atoms with Crippen LogP contribution < -0.4 is 5.32 Å². The van der Waals surface area contributed by atoms with Gasteiger partial charge in [0.2, 0.25) is 11.8 Å². The largest absolute Gasteiger partial charge is 0.356 e. The van der Waals surface area contributed by atoms with E-state index < -0.39 is 0 Å². The number of rotatable bonds is 8. The summed E-state index contributed by atoms with van der Waals surface area (Å²) in [5.41, 5.74) is 2.03. The highest BCUT2D eigenvalue weighted by Gasteiger charge is 2.32. The van der Waals surface area contributed by atoms with Crippen LogP contribution in [0.1, 0.15) is 56.1 Å². The maximum atomic E-state index is 13.4. The number of carbonyl (C=O) groups excluding carboxylic acids is 2. The molecule has 0 unspecified atom stereocenters. The van der Waals surface area contributed by atoms with Crippen molar-refractivity contribution in [2.24, 2.45) is 5.92 Å². The van der Waals surface area contributed by atoms with Crippen LogP contribution in [-0.2, 0) is 9.59 Å². The van der Waals surface area contributed by atoms with E-state index in [0.29, 0.717) is 13.1 Å². The zero-order chi connectivity index (χ0) is 20.5. The third-order valence-corrected chi connectivity index (χ3v) is 5.77. The van der Waals surface area contributed by atoms with E-state index in [1.807, 2.05) is 65.6 Å². The molecular weight excluding hydrogens is 360 g/mol. The van der Waals surface area contributed by atoms with Gasteiger partial charge in [0, 0.05) is 25.6 Å². The number of nitrogens with zero attached hydrogens (tertiary/aromatic N) is 1. The Morgan fingerprint density at radius 2 is 1.48 bits per heavy atom. The Kier molecular flexibility index (Phi) is 7.85. The van der Waals surface area contributed by atoms with Gasteiger partial charge in [-0.05, 0) is 30.4 Å². The van der Waals surface area contributed by atoms with Gasteiger partial charge in [-0.25, -0.2) is 0 Å². The fourth-order valence-corrected chi connectivity index (χ4v) is 4.04. The minimum atomic E-state index is -0.295. The average Bonchev–Trinajstić information content (AvgIpc) is 2.78. The van der Waals surface area contributed by atoms with Gasteiger partial charge in [-0.3, -0.25) is 9.59 Å². The van der Waals surface area contributed by atoms with E-state index >= 15 is 0 Å². The number of benzene rings is 2. The maximum Gasteiger partial charge on any atom is 0.234 e. The molecule has 3 rings (SSSR count). The van der Waals surface area contributed by atoms with Gasteiger partial charge in [0.05, 0.1) is 5.92 Å². The molecule has 1 saturated heterocycles. The SMILES string of the molecule is CCCCCNC(=O)C1CCN(C(=O)C(c2ccccc2)c2ccccc2)CC1. The van der Waals surface area contributed by atoms with Gasteiger partial charge < -0.3 is 10.2 Å². The number of hydrogen-bond donors (Lipinski definition) is 1. The van der Waals surface area contributed by atoms with Crippen LogP contribution in [-0.4, -0.2) is 36.3 Å². The molecule has 0 atom stereocenters. The number of hydrogen-bond acceptors (Lipinski definition) is 2. The van der Waals surface area contributed by atoms with Gasteiger partial charge in [-0.15, -0.1) is 0 Å². The first-order valence-electron chi connectivity index (χ1n) is 10.9. The molecule has 0 aromatic heterocycles. The fourth-order valence-electron chi connectivity index (χ4n) is 4.04. The third kappa shape index (κ3) is 5.69. The molecule has 1 aliphatic rings. The summed E-state index contributed by atoms with van der Waals surface area (Å²) in [7, 11) is 0. The summed E-state index contributed by atoms with van der Waals surface area (Å²) in [5, 5.41) is 3.06. The quantitative estimate of drug-likeness (QED) is 0.679. The van der Waals surface area contributed by atoms with Gasteiger partial charge in [0.1, 0.15) is 0 Å². The lowest BCUT2D eigenvalue weighted by atomic mass is 9.88. The molecular formula is C25H32N2O2.